The summed E-state index contributed by atoms with van der Waals surface area (Å²) in [5.41, 5.74) is 0.0645. The fourth-order valence-corrected chi connectivity index (χ4v) is 2.94. The first-order valence-electron chi connectivity index (χ1n) is 6.01. The molecule has 0 saturated heterocycles. The molecule has 0 bridgehead atoms. The van der Waals surface area contributed by atoms with Crippen molar-refractivity contribution in [2.45, 2.75) is 26.0 Å². The number of hydrogen-bond acceptors (Lipinski definition) is 6. The van der Waals surface area contributed by atoms with Crippen LogP contribution in [0.5, 0.6) is 0 Å². The summed E-state index contributed by atoms with van der Waals surface area (Å²) in [7, 11) is 0. The topological polar surface area (TPSA) is 132 Å². The van der Waals surface area contributed by atoms with Gasteiger partial charge in [0.05, 0.1) is 22.7 Å². The number of carbonyl (C=O) groups excluding carboxylic acids is 1. The second-order valence-electron chi connectivity index (χ2n) is 4.50. The van der Waals surface area contributed by atoms with Crippen molar-refractivity contribution in [1.82, 2.24) is 15.3 Å². The van der Waals surface area contributed by atoms with E-state index in [0.29, 0.717) is 15.8 Å². The van der Waals surface area contributed by atoms with E-state index < -0.39 is 24.0 Å². The fourth-order valence-electron chi connectivity index (χ4n) is 1.89. The molecule has 1 amide bonds. The molecule has 21 heavy (non-hydrogen) atoms. The van der Waals surface area contributed by atoms with Crippen molar-refractivity contribution >= 4 is 33.4 Å². The number of carboxylic acids is 1. The van der Waals surface area contributed by atoms with Crippen LogP contribution < -0.4 is 10.9 Å². The first-order valence-corrected chi connectivity index (χ1v) is 6.83. The summed E-state index contributed by atoms with van der Waals surface area (Å²) in [6, 6.07) is -1.42. The SMILES string of the molecule is Cc1c(C(=O)N[C@H](C(=O)O)[C@@H](C)O)sc2nc[nH]c(=O)c12. The Balaban J connectivity index is 2.40. The lowest BCUT2D eigenvalue weighted by molar-refractivity contribution is -0.141. The zero-order valence-corrected chi connectivity index (χ0v) is 12.0. The third-order valence-corrected chi connectivity index (χ3v) is 4.17. The number of amides is 1. The highest BCUT2D eigenvalue weighted by molar-refractivity contribution is 7.20. The van der Waals surface area contributed by atoms with E-state index in [4.69, 9.17) is 5.11 Å². The van der Waals surface area contributed by atoms with Crippen LogP contribution in [-0.4, -0.2) is 44.2 Å². The zero-order chi connectivity index (χ0) is 15.7. The van der Waals surface area contributed by atoms with Crippen molar-refractivity contribution in [2.24, 2.45) is 0 Å². The largest absolute Gasteiger partial charge is 0.480 e. The molecular formula is C12H13N3O5S. The van der Waals surface area contributed by atoms with Crippen LogP contribution in [0.4, 0.5) is 0 Å². The van der Waals surface area contributed by atoms with Crippen LogP contribution in [-0.2, 0) is 4.79 Å². The molecule has 2 heterocycles. The lowest BCUT2D eigenvalue weighted by Gasteiger charge is -2.16. The van der Waals surface area contributed by atoms with Crippen molar-refractivity contribution in [3.8, 4) is 0 Å². The number of carbonyl (C=O) groups is 2. The minimum Gasteiger partial charge on any atom is -0.480 e. The number of thiophene rings is 1. The van der Waals surface area contributed by atoms with Crippen LogP contribution >= 0.6 is 11.3 Å². The zero-order valence-electron chi connectivity index (χ0n) is 11.2. The summed E-state index contributed by atoms with van der Waals surface area (Å²) in [6.07, 6.45) is -0.0133. The second kappa shape index (κ2) is 5.62. The normalized spacial score (nSPS) is 13.9. The molecule has 0 unspecified atom stereocenters. The number of hydrogen-bond donors (Lipinski definition) is 4. The molecular weight excluding hydrogens is 298 g/mol. The maximum Gasteiger partial charge on any atom is 0.328 e. The van der Waals surface area contributed by atoms with E-state index in [0.717, 1.165) is 11.3 Å². The molecule has 2 aromatic heterocycles. The predicted molar refractivity (Wildman–Crippen MR) is 75.5 cm³/mol. The Morgan fingerprint density at radius 3 is 2.67 bits per heavy atom. The predicted octanol–water partition coefficient (Wildman–Crippen LogP) is -0.143. The van der Waals surface area contributed by atoms with Crippen LogP contribution in [0.2, 0.25) is 0 Å². The maximum absolute atomic E-state index is 12.2. The molecule has 4 N–H and O–H groups in total. The number of aryl methyl sites for hydroxylation is 1. The van der Waals surface area contributed by atoms with Crippen LogP contribution in [0.25, 0.3) is 10.2 Å². The lowest BCUT2D eigenvalue weighted by Crippen LogP contribution is -2.47. The van der Waals surface area contributed by atoms with E-state index >= 15 is 0 Å². The molecule has 0 radical (unpaired) electrons. The number of aliphatic hydroxyl groups excluding tert-OH is 1. The number of fused-ring (bicyclic) bond motifs is 1. The van der Waals surface area contributed by atoms with Gasteiger partial charge in [-0.3, -0.25) is 9.59 Å². The first-order chi connectivity index (χ1) is 9.82. The smallest absolute Gasteiger partial charge is 0.328 e. The molecule has 0 fully saturated rings. The number of nitrogens with one attached hydrogen (secondary N) is 2. The summed E-state index contributed by atoms with van der Waals surface area (Å²) >= 11 is 0.994. The third-order valence-electron chi connectivity index (χ3n) is 2.97. The van der Waals surface area contributed by atoms with Crippen molar-refractivity contribution in [1.29, 1.82) is 0 Å². The summed E-state index contributed by atoms with van der Waals surface area (Å²) in [6.45, 7) is 2.85. The maximum atomic E-state index is 12.2. The number of aliphatic carboxylic acids is 1. The average Bonchev–Trinajstić information content (AvgIpc) is 2.73. The van der Waals surface area contributed by atoms with Crippen LogP contribution in [0.15, 0.2) is 11.1 Å². The van der Waals surface area contributed by atoms with Gasteiger partial charge in [-0.2, -0.15) is 0 Å². The fraction of sp³-hybridized carbons (Fsp3) is 0.333. The van der Waals surface area contributed by atoms with Gasteiger partial charge in [0.1, 0.15) is 4.83 Å². The van der Waals surface area contributed by atoms with E-state index in [2.05, 4.69) is 15.3 Å². The molecule has 0 spiro atoms. The van der Waals surface area contributed by atoms with Crippen molar-refractivity contribution in [2.75, 3.05) is 0 Å². The van der Waals surface area contributed by atoms with Crippen LogP contribution in [0.1, 0.15) is 22.2 Å². The second-order valence-corrected chi connectivity index (χ2v) is 5.50. The molecule has 112 valence electrons. The Kier molecular flexibility index (Phi) is 4.05. The quantitative estimate of drug-likeness (QED) is 0.621. The molecule has 2 rings (SSSR count). The van der Waals surface area contributed by atoms with E-state index in [9.17, 15) is 19.5 Å². The molecule has 9 heteroatoms. The molecule has 0 saturated carbocycles. The van der Waals surface area contributed by atoms with Gasteiger partial charge in [-0.1, -0.05) is 0 Å². The minimum atomic E-state index is -1.42. The van der Waals surface area contributed by atoms with E-state index in [-0.39, 0.29) is 10.4 Å². The van der Waals surface area contributed by atoms with Gasteiger partial charge in [0.2, 0.25) is 0 Å². The first kappa shape index (κ1) is 15.1. The Bertz CT molecular complexity index is 764. The molecule has 0 aliphatic heterocycles. The number of aliphatic hydroxyl groups is 1. The average molecular weight is 311 g/mol. The van der Waals surface area contributed by atoms with Gasteiger partial charge in [0.15, 0.2) is 6.04 Å². The van der Waals surface area contributed by atoms with Crippen LogP contribution in [0.3, 0.4) is 0 Å². The Morgan fingerprint density at radius 2 is 2.14 bits per heavy atom. The summed E-state index contributed by atoms with van der Waals surface area (Å²) < 4.78 is 0. The lowest BCUT2D eigenvalue weighted by atomic mass is 10.1. The Morgan fingerprint density at radius 1 is 1.48 bits per heavy atom. The molecule has 8 nitrogen and oxygen atoms in total. The monoisotopic (exact) mass is 311 g/mol. The number of aromatic amines is 1. The van der Waals surface area contributed by atoms with Gasteiger partial charge in [-0.15, -0.1) is 11.3 Å². The van der Waals surface area contributed by atoms with Gasteiger partial charge < -0.3 is 20.5 Å². The third kappa shape index (κ3) is 2.78. The summed E-state index contributed by atoms with van der Waals surface area (Å²) in [4.78, 5) is 41.8. The molecule has 2 aromatic rings. The highest BCUT2D eigenvalue weighted by Crippen LogP contribution is 2.26. The summed E-state index contributed by atoms with van der Waals surface area (Å²) in [5, 5.41) is 20.9. The molecule has 2 atom stereocenters. The number of rotatable bonds is 4. The molecule has 0 aliphatic rings. The molecule has 0 aromatic carbocycles. The summed E-state index contributed by atoms with van der Waals surface area (Å²) in [5.74, 6) is -2.00. The van der Waals surface area contributed by atoms with E-state index in [1.165, 1.54) is 13.3 Å². The van der Waals surface area contributed by atoms with E-state index in [1.807, 2.05) is 0 Å². The van der Waals surface area contributed by atoms with Crippen molar-refractivity contribution in [3.63, 3.8) is 0 Å². The molecule has 0 aliphatic carbocycles. The highest BCUT2D eigenvalue weighted by Gasteiger charge is 2.27. The van der Waals surface area contributed by atoms with E-state index in [1.54, 1.807) is 6.92 Å². The number of nitrogens with zero attached hydrogens (tertiary/aromatic N) is 1. The number of H-pyrrole nitrogens is 1. The van der Waals surface area contributed by atoms with Gasteiger partial charge >= 0.3 is 5.97 Å². The number of carboxylic acid groups (broad SMARTS) is 1. The van der Waals surface area contributed by atoms with Crippen LogP contribution in [0, 0.1) is 6.92 Å². The number of aromatic nitrogens is 2. The minimum absolute atomic E-state index is 0.195. The van der Waals surface area contributed by atoms with Crippen molar-refractivity contribution < 1.29 is 19.8 Å². The van der Waals surface area contributed by atoms with Gasteiger partial charge in [-0.25, -0.2) is 9.78 Å². The standard InChI is InChI=1S/C12H13N3O5S/c1-4-6-9(17)13-3-14-11(6)21-8(4)10(18)15-7(5(2)16)12(19)20/h3,5,7,16H,1-2H3,(H,15,18)(H,19,20)(H,13,14,17)/t5-,7+/m1/s1. The Hall–Kier alpha value is -2.26. The van der Waals surface area contributed by atoms with Gasteiger partial charge in [0, 0.05) is 0 Å². The highest BCUT2D eigenvalue weighted by atomic mass is 32.1. The van der Waals surface area contributed by atoms with Gasteiger partial charge in [0.25, 0.3) is 11.5 Å². The Labute approximate surface area is 122 Å². The van der Waals surface area contributed by atoms with Crippen molar-refractivity contribution in [3.05, 3.63) is 27.1 Å². The van der Waals surface area contributed by atoms with Gasteiger partial charge in [-0.05, 0) is 19.4 Å².